The molecule has 0 heterocycles. The first-order valence-corrected chi connectivity index (χ1v) is 6.41. The molecule has 2 unspecified atom stereocenters. The van der Waals surface area contributed by atoms with Crippen molar-refractivity contribution in [2.45, 2.75) is 52.4 Å². The average Bonchev–Trinajstić information content (AvgIpc) is 2.29. The molecule has 0 radical (unpaired) electrons. The number of rotatable bonds is 4. The average molecular weight is 241 g/mol. The lowest BCUT2D eigenvalue weighted by molar-refractivity contribution is 0.449. The fraction of sp³-hybridized carbons (Fsp3) is 0.571. The van der Waals surface area contributed by atoms with Crippen molar-refractivity contribution in [3.05, 3.63) is 28.3 Å². The van der Waals surface area contributed by atoms with E-state index in [4.69, 9.17) is 11.6 Å². The molecule has 0 aliphatic rings. The minimum Gasteiger partial charge on any atom is -0.507 e. The van der Waals surface area contributed by atoms with Crippen molar-refractivity contribution < 1.29 is 5.11 Å². The van der Waals surface area contributed by atoms with Crippen LogP contribution in [0.15, 0.2) is 12.1 Å². The van der Waals surface area contributed by atoms with Gasteiger partial charge in [0.1, 0.15) is 5.75 Å². The SMILES string of the molecule is CCC(C)c1cc(Cl)cc(C(C)CC)c1O. The van der Waals surface area contributed by atoms with Crippen molar-refractivity contribution in [1.29, 1.82) is 0 Å². The molecule has 0 bridgehead atoms. The Bertz CT molecular complexity index is 329. The Morgan fingerprint density at radius 1 is 1.06 bits per heavy atom. The summed E-state index contributed by atoms with van der Waals surface area (Å²) in [6.07, 6.45) is 2.02. The largest absolute Gasteiger partial charge is 0.507 e. The quantitative estimate of drug-likeness (QED) is 0.779. The van der Waals surface area contributed by atoms with Gasteiger partial charge in [-0.1, -0.05) is 39.3 Å². The molecule has 1 N–H and O–H groups in total. The third kappa shape index (κ3) is 2.70. The molecule has 0 aromatic heterocycles. The first-order valence-electron chi connectivity index (χ1n) is 6.03. The predicted molar refractivity (Wildman–Crippen MR) is 70.5 cm³/mol. The zero-order valence-electron chi connectivity index (χ0n) is 10.5. The number of benzene rings is 1. The van der Waals surface area contributed by atoms with Crippen LogP contribution >= 0.6 is 11.6 Å². The van der Waals surface area contributed by atoms with Gasteiger partial charge in [-0.3, -0.25) is 0 Å². The molecule has 0 saturated heterocycles. The summed E-state index contributed by atoms with van der Waals surface area (Å²) in [5.74, 6) is 1.14. The van der Waals surface area contributed by atoms with E-state index in [1.54, 1.807) is 0 Å². The second-order valence-electron chi connectivity index (χ2n) is 4.55. The van der Waals surface area contributed by atoms with Crippen molar-refractivity contribution in [2.75, 3.05) is 0 Å². The van der Waals surface area contributed by atoms with Crippen LogP contribution in [0.4, 0.5) is 0 Å². The van der Waals surface area contributed by atoms with E-state index in [9.17, 15) is 5.11 Å². The first kappa shape index (κ1) is 13.4. The van der Waals surface area contributed by atoms with Crippen molar-refractivity contribution in [3.8, 4) is 5.75 Å². The molecule has 0 aliphatic carbocycles. The van der Waals surface area contributed by atoms with Gasteiger partial charge in [-0.2, -0.15) is 0 Å². The Labute approximate surface area is 103 Å². The molecule has 1 rings (SSSR count). The molecule has 1 aromatic carbocycles. The molecule has 2 heteroatoms. The predicted octanol–water partition coefficient (Wildman–Crippen LogP) is 5.07. The van der Waals surface area contributed by atoms with Crippen molar-refractivity contribution in [1.82, 2.24) is 0 Å². The lowest BCUT2D eigenvalue weighted by Crippen LogP contribution is -1.98. The lowest BCUT2D eigenvalue weighted by atomic mass is 9.90. The van der Waals surface area contributed by atoms with Crippen molar-refractivity contribution in [2.24, 2.45) is 0 Å². The topological polar surface area (TPSA) is 20.2 Å². The molecule has 0 spiro atoms. The summed E-state index contributed by atoms with van der Waals surface area (Å²) in [6, 6.07) is 3.77. The summed E-state index contributed by atoms with van der Waals surface area (Å²) in [7, 11) is 0. The Morgan fingerprint density at radius 2 is 1.44 bits per heavy atom. The van der Waals surface area contributed by atoms with E-state index in [0.29, 0.717) is 17.6 Å². The maximum atomic E-state index is 10.3. The molecule has 0 fully saturated rings. The number of halogens is 1. The summed E-state index contributed by atoms with van der Waals surface area (Å²) in [6.45, 7) is 8.47. The van der Waals surface area contributed by atoms with E-state index >= 15 is 0 Å². The Morgan fingerprint density at radius 3 is 1.75 bits per heavy atom. The van der Waals surface area contributed by atoms with Crippen LogP contribution in [0.5, 0.6) is 5.75 Å². The standard InChI is InChI=1S/C14H21ClO/c1-5-9(3)12-7-11(15)8-13(14(12)16)10(4)6-2/h7-10,16H,5-6H2,1-4H3. The summed E-state index contributed by atoms with van der Waals surface area (Å²) in [4.78, 5) is 0. The van der Waals surface area contributed by atoms with E-state index in [1.165, 1.54) is 0 Å². The first-order chi connectivity index (χ1) is 7.51. The molecule has 1 nitrogen and oxygen atoms in total. The smallest absolute Gasteiger partial charge is 0.122 e. The minimum absolute atomic E-state index is 0.349. The van der Waals surface area contributed by atoms with E-state index in [0.717, 1.165) is 29.0 Å². The normalized spacial score (nSPS) is 14.8. The number of hydrogen-bond acceptors (Lipinski definition) is 1. The Balaban J connectivity index is 3.25. The fourth-order valence-electron chi connectivity index (χ4n) is 1.83. The van der Waals surface area contributed by atoms with Crippen LogP contribution < -0.4 is 0 Å². The van der Waals surface area contributed by atoms with E-state index in [2.05, 4.69) is 27.7 Å². The van der Waals surface area contributed by atoms with Gasteiger partial charge < -0.3 is 5.11 Å². The van der Waals surface area contributed by atoms with Gasteiger partial charge in [0.25, 0.3) is 0 Å². The zero-order chi connectivity index (χ0) is 12.3. The third-order valence-electron chi connectivity index (χ3n) is 3.42. The van der Waals surface area contributed by atoms with Gasteiger partial charge in [-0.05, 0) is 47.9 Å². The minimum atomic E-state index is 0.349. The number of hydrogen-bond donors (Lipinski definition) is 1. The fourth-order valence-corrected chi connectivity index (χ4v) is 2.07. The summed E-state index contributed by atoms with van der Waals surface area (Å²) in [5.41, 5.74) is 1.95. The Kier molecular flexibility index (Phi) is 4.67. The molecule has 90 valence electrons. The Hall–Kier alpha value is -0.690. The third-order valence-corrected chi connectivity index (χ3v) is 3.64. The van der Waals surface area contributed by atoms with Crippen LogP contribution in [0.3, 0.4) is 0 Å². The highest BCUT2D eigenvalue weighted by atomic mass is 35.5. The second kappa shape index (κ2) is 5.58. The maximum absolute atomic E-state index is 10.3. The van der Waals surface area contributed by atoms with Crippen LogP contribution in [-0.2, 0) is 0 Å². The molecular weight excluding hydrogens is 220 g/mol. The molecule has 0 saturated carbocycles. The highest BCUT2D eigenvalue weighted by Gasteiger charge is 2.16. The van der Waals surface area contributed by atoms with Crippen LogP contribution in [0.25, 0.3) is 0 Å². The van der Waals surface area contributed by atoms with Gasteiger partial charge >= 0.3 is 0 Å². The van der Waals surface area contributed by atoms with E-state index in [-0.39, 0.29) is 0 Å². The highest BCUT2D eigenvalue weighted by molar-refractivity contribution is 6.30. The van der Waals surface area contributed by atoms with E-state index in [1.807, 2.05) is 12.1 Å². The zero-order valence-corrected chi connectivity index (χ0v) is 11.3. The molecule has 1 aromatic rings. The molecule has 0 aliphatic heterocycles. The molecule has 2 atom stereocenters. The van der Waals surface area contributed by atoms with Crippen LogP contribution in [0, 0.1) is 0 Å². The van der Waals surface area contributed by atoms with Crippen LogP contribution in [-0.4, -0.2) is 5.11 Å². The van der Waals surface area contributed by atoms with Crippen LogP contribution in [0.1, 0.15) is 63.5 Å². The van der Waals surface area contributed by atoms with Gasteiger partial charge in [-0.15, -0.1) is 0 Å². The number of phenols is 1. The second-order valence-corrected chi connectivity index (χ2v) is 4.99. The van der Waals surface area contributed by atoms with Gasteiger partial charge in [0.05, 0.1) is 0 Å². The summed E-state index contributed by atoms with van der Waals surface area (Å²) >= 11 is 6.11. The molecule has 16 heavy (non-hydrogen) atoms. The van der Waals surface area contributed by atoms with E-state index < -0.39 is 0 Å². The van der Waals surface area contributed by atoms with Crippen molar-refractivity contribution in [3.63, 3.8) is 0 Å². The summed E-state index contributed by atoms with van der Waals surface area (Å²) < 4.78 is 0. The molecule has 0 amide bonds. The van der Waals surface area contributed by atoms with Crippen LogP contribution in [0.2, 0.25) is 5.02 Å². The maximum Gasteiger partial charge on any atom is 0.122 e. The van der Waals surface area contributed by atoms with Gasteiger partial charge in [0, 0.05) is 5.02 Å². The number of aromatic hydroxyl groups is 1. The monoisotopic (exact) mass is 240 g/mol. The van der Waals surface area contributed by atoms with Gasteiger partial charge in [0.2, 0.25) is 0 Å². The summed E-state index contributed by atoms with van der Waals surface area (Å²) in [5, 5.41) is 11.0. The van der Waals surface area contributed by atoms with Gasteiger partial charge in [0.15, 0.2) is 0 Å². The van der Waals surface area contributed by atoms with Gasteiger partial charge in [-0.25, -0.2) is 0 Å². The molecular formula is C14H21ClO. The highest BCUT2D eigenvalue weighted by Crippen LogP contribution is 2.38. The lowest BCUT2D eigenvalue weighted by Gasteiger charge is -2.18. The number of phenolic OH excluding ortho intramolecular Hbond substituents is 1. The van der Waals surface area contributed by atoms with Crippen molar-refractivity contribution >= 4 is 11.6 Å².